The quantitative estimate of drug-likeness (QED) is 0.604. The minimum atomic E-state index is -0.152. The van der Waals surface area contributed by atoms with E-state index in [1.807, 2.05) is 60.8 Å². The van der Waals surface area contributed by atoms with Gasteiger partial charge in [0.15, 0.2) is 0 Å². The van der Waals surface area contributed by atoms with Crippen molar-refractivity contribution in [2.24, 2.45) is 0 Å². The van der Waals surface area contributed by atoms with Crippen molar-refractivity contribution in [3.63, 3.8) is 0 Å². The second-order valence-corrected chi connectivity index (χ2v) is 5.70. The van der Waals surface area contributed by atoms with Gasteiger partial charge in [-0.1, -0.05) is 18.2 Å². The highest BCUT2D eigenvalue weighted by Gasteiger charge is 2.12. The zero-order valence-electron chi connectivity index (χ0n) is 13.9. The Balaban J connectivity index is 1.51. The Morgan fingerprint density at radius 1 is 1.00 bits per heavy atom. The molecule has 0 aliphatic carbocycles. The molecule has 0 unspecified atom stereocenters. The van der Waals surface area contributed by atoms with Crippen LogP contribution in [-0.4, -0.2) is 30.5 Å². The molecule has 0 aliphatic rings. The van der Waals surface area contributed by atoms with Crippen LogP contribution in [0.4, 0.5) is 5.69 Å². The lowest BCUT2D eigenvalue weighted by Gasteiger charge is -2.11. The lowest BCUT2D eigenvalue weighted by Crippen LogP contribution is -2.15. The highest BCUT2D eigenvalue weighted by atomic mass is 16.1. The Bertz CT molecular complexity index is 991. The molecule has 7 heteroatoms. The van der Waals surface area contributed by atoms with Crippen molar-refractivity contribution < 1.29 is 4.79 Å². The van der Waals surface area contributed by atoms with Crippen LogP contribution < -0.4 is 5.32 Å². The fourth-order valence-corrected chi connectivity index (χ4v) is 2.69. The summed E-state index contributed by atoms with van der Waals surface area (Å²) in [6.45, 7) is 0.543. The van der Waals surface area contributed by atoms with Crippen molar-refractivity contribution in [2.75, 3.05) is 5.32 Å². The Hall–Kier alpha value is -3.74. The maximum absolute atomic E-state index is 12.7. The zero-order valence-corrected chi connectivity index (χ0v) is 13.9. The van der Waals surface area contributed by atoms with E-state index in [0.717, 1.165) is 11.3 Å². The van der Waals surface area contributed by atoms with Crippen LogP contribution in [0.15, 0.2) is 79.6 Å². The minimum Gasteiger partial charge on any atom is -0.322 e. The molecule has 0 saturated carbocycles. The molecule has 0 fully saturated rings. The number of hydrogen-bond donors (Lipinski definition) is 1. The number of amides is 1. The van der Waals surface area contributed by atoms with Gasteiger partial charge in [-0.05, 0) is 42.0 Å². The van der Waals surface area contributed by atoms with E-state index >= 15 is 0 Å². The second kappa shape index (κ2) is 7.02. The van der Waals surface area contributed by atoms with E-state index in [1.165, 1.54) is 6.33 Å². The number of aromatic nitrogens is 5. The van der Waals surface area contributed by atoms with Gasteiger partial charge in [0.25, 0.3) is 5.91 Å². The lowest BCUT2D eigenvalue weighted by molar-refractivity contribution is 0.102. The summed E-state index contributed by atoms with van der Waals surface area (Å²) < 4.78 is 3.45. The number of anilines is 1. The second-order valence-electron chi connectivity index (χ2n) is 5.70. The molecule has 0 aliphatic heterocycles. The van der Waals surface area contributed by atoms with Gasteiger partial charge in [-0.15, -0.1) is 0 Å². The molecule has 0 radical (unpaired) electrons. The molecule has 2 heterocycles. The van der Waals surface area contributed by atoms with E-state index in [4.69, 9.17) is 0 Å². The van der Waals surface area contributed by atoms with Crippen LogP contribution in [-0.2, 0) is 6.54 Å². The standard InChI is InChI=1S/C19H16N6O/c26-19(18-5-2-1-4-15(18)12-24-11-3-10-21-24)23-16-6-8-17(9-7-16)25-14-20-13-22-25/h1-11,13-14H,12H2,(H,23,26). The molecule has 2 aromatic carbocycles. The lowest BCUT2D eigenvalue weighted by atomic mass is 10.1. The molecular formula is C19H16N6O. The average Bonchev–Trinajstić information content (AvgIpc) is 3.37. The first-order valence-electron chi connectivity index (χ1n) is 8.11. The maximum Gasteiger partial charge on any atom is 0.256 e. The van der Waals surface area contributed by atoms with Crippen LogP contribution in [0.3, 0.4) is 0 Å². The van der Waals surface area contributed by atoms with Crippen molar-refractivity contribution in [2.45, 2.75) is 6.54 Å². The highest BCUT2D eigenvalue weighted by molar-refractivity contribution is 6.05. The zero-order chi connectivity index (χ0) is 17.8. The van der Waals surface area contributed by atoms with Crippen LogP contribution in [0.25, 0.3) is 5.69 Å². The topological polar surface area (TPSA) is 77.6 Å². The molecule has 26 heavy (non-hydrogen) atoms. The maximum atomic E-state index is 12.7. The van der Waals surface area contributed by atoms with Gasteiger partial charge in [0.05, 0.1) is 12.2 Å². The van der Waals surface area contributed by atoms with E-state index < -0.39 is 0 Å². The molecule has 0 bridgehead atoms. The normalized spacial score (nSPS) is 10.6. The Morgan fingerprint density at radius 3 is 2.58 bits per heavy atom. The Morgan fingerprint density at radius 2 is 1.85 bits per heavy atom. The average molecular weight is 344 g/mol. The molecule has 0 spiro atoms. The van der Waals surface area contributed by atoms with Gasteiger partial charge in [0.2, 0.25) is 0 Å². The largest absolute Gasteiger partial charge is 0.322 e. The third kappa shape index (κ3) is 3.36. The van der Waals surface area contributed by atoms with Crippen molar-refractivity contribution in [1.29, 1.82) is 0 Å². The van der Waals surface area contributed by atoms with Gasteiger partial charge < -0.3 is 5.32 Å². The van der Waals surface area contributed by atoms with Gasteiger partial charge >= 0.3 is 0 Å². The number of nitrogens with zero attached hydrogens (tertiary/aromatic N) is 5. The van der Waals surface area contributed by atoms with E-state index in [-0.39, 0.29) is 5.91 Å². The highest BCUT2D eigenvalue weighted by Crippen LogP contribution is 2.16. The van der Waals surface area contributed by atoms with Gasteiger partial charge in [0.1, 0.15) is 12.7 Å². The summed E-state index contributed by atoms with van der Waals surface area (Å²) in [6, 6.07) is 16.8. The van der Waals surface area contributed by atoms with Gasteiger partial charge in [-0.25, -0.2) is 9.67 Å². The van der Waals surface area contributed by atoms with Crippen LogP contribution >= 0.6 is 0 Å². The van der Waals surface area contributed by atoms with Crippen molar-refractivity contribution in [1.82, 2.24) is 24.5 Å². The summed E-state index contributed by atoms with van der Waals surface area (Å²) in [6.07, 6.45) is 6.70. The minimum absolute atomic E-state index is 0.152. The summed E-state index contributed by atoms with van der Waals surface area (Å²) in [5.74, 6) is -0.152. The summed E-state index contributed by atoms with van der Waals surface area (Å²) in [5.41, 5.74) is 3.13. The number of nitrogens with one attached hydrogen (secondary N) is 1. The van der Waals surface area contributed by atoms with Crippen LogP contribution in [0, 0.1) is 0 Å². The fraction of sp³-hybridized carbons (Fsp3) is 0.0526. The smallest absolute Gasteiger partial charge is 0.256 e. The third-order valence-electron chi connectivity index (χ3n) is 3.96. The molecule has 0 saturated heterocycles. The molecule has 0 atom stereocenters. The van der Waals surface area contributed by atoms with Crippen LogP contribution in [0.5, 0.6) is 0 Å². The third-order valence-corrected chi connectivity index (χ3v) is 3.96. The summed E-state index contributed by atoms with van der Waals surface area (Å²) in [7, 11) is 0. The Kier molecular flexibility index (Phi) is 4.26. The number of carbonyl (C=O) groups excluding carboxylic acids is 1. The summed E-state index contributed by atoms with van der Waals surface area (Å²) >= 11 is 0. The first kappa shape index (κ1) is 15.8. The molecule has 128 valence electrons. The molecular weight excluding hydrogens is 328 g/mol. The number of rotatable bonds is 5. The first-order chi connectivity index (χ1) is 12.8. The fourth-order valence-electron chi connectivity index (χ4n) is 2.69. The van der Waals surface area contributed by atoms with Gasteiger partial charge in [-0.2, -0.15) is 10.2 Å². The van der Waals surface area contributed by atoms with E-state index in [1.54, 1.807) is 21.9 Å². The van der Waals surface area contributed by atoms with Gasteiger partial charge in [-0.3, -0.25) is 9.48 Å². The number of benzene rings is 2. The molecule has 4 aromatic rings. The monoisotopic (exact) mass is 344 g/mol. The predicted octanol–water partition coefficient (Wildman–Crippen LogP) is 2.76. The molecule has 2 aromatic heterocycles. The summed E-state index contributed by atoms with van der Waals surface area (Å²) in [4.78, 5) is 16.6. The summed E-state index contributed by atoms with van der Waals surface area (Å²) in [5, 5.41) is 11.2. The van der Waals surface area contributed by atoms with Crippen LogP contribution in [0.1, 0.15) is 15.9 Å². The van der Waals surface area contributed by atoms with E-state index in [2.05, 4.69) is 20.5 Å². The van der Waals surface area contributed by atoms with Gasteiger partial charge in [0, 0.05) is 23.6 Å². The number of hydrogen-bond acceptors (Lipinski definition) is 4. The van der Waals surface area contributed by atoms with Crippen molar-refractivity contribution >= 4 is 11.6 Å². The molecule has 7 nitrogen and oxygen atoms in total. The Labute approximate surface area is 149 Å². The van der Waals surface area contributed by atoms with Crippen molar-refractivity contribution in [3.8, 4) is 5.69 Å². The van der Waals surface area contributed by atoms with E-state index in [0.29, 0.717) is 17.8 Å². The van der Waals surface area contributed by atoms with Crippen molar-refractivity contribution in [3.05, 3.63) is 90.8 Å². The van der Waals surface area contributed by atoms with Crippen LogP contribution in [0.2, 0.25) is 0 Å². The molecule has 1 amide bonds. The number of carbonyl (C=O) groups is 1. The SMILES string of the molecule is O=C(Nc1ccc(-n2cncn2)cc1)c1ccccc1Cn1cccn1. The predicted molar refractivity (Wildman–Crippen MR) is 97.1 cm³/mol. The molecule has 4 rings (SSSR count). The first-order valence-corrected chi connectivity index (χ1v) is 8.11. The molecule has 1 N–H and O–H groups in total. The van der Waals surface area contributed by atoms with E-state index in [9.17, 15) is 4.79 Å².